The first-order valence-electron chi connectivity index (χ1n) is 9.75. The van der Waals surface area contributed by atoms with Crippen LogP contribution in [0.5, 0.6) is 0 Å². The molecule has 154 valence electrons. The molecule has 2 aromatic heterocycles. The van der Waals surface area contributed by atoms with E-state index in [1.807, 2.05) is 23.1 Å². The lowest BCUT2D eigenvalue weighted by Gasteiger charge is -2.24. The van der Waals surface area contributed by atoms with E-state index in [9.17, 15) is 18.0 Å². The van der Waals surface area contributed by atoms with Crippen LogP contribution in [0, 0.1) is 0 Å². The van der Waals surface area contributed by atoms with Crippen LogP contribution in [-0.2, 0) is 12.6 Å². The highest BCUT2D eigenvalue weighted by atomic mass is 19.4. The summed E-state index contributed by atoms with van der Waals surface area (Å²) in [5, 5.41) is 0. The first kappa shape index (κ1) is 20.1. The SMILES string of the molecule is O=C(c1ccncc1)N1CCC[C@@H]1c1cccc(Cc2ccc(C(F)(F)F)cc2)n1. The van der Waals surface area contributed by atoms with Gasteiger partial charge in [0.15, 0.2) is 0 Å². The molecule has 0 radical (unpaired) electrons. The third-order valence-electron chi connectivity index (χ3n) is 5.28. The second kappa shape index (κ2) is 8.26. The van der Waals surface area contributed by atoms with E-state index in [2.05, 4.69) is 4.98 Å². The van der Waals surface area contributed by atoms with E-state index in [-0.39, 0.29) is 11.9 Å². The summed E-state index contributed by atoms with van der Waals surface area (Å²) >= 11 is 0. The van der Waals surface area contributed by atoms with E-state index in [4.69, 9.17) is 4.98 Å². The van der Waals surface area contributed by atoms with E-state index < -0.39 is 11.7 Å². The average molecular weight is 411 g/mol. The van der Waals surface area contributed by atoms with Crippen LogP contribution in [0.1, 0.15) is 51.8 Å². The lowest BCUT2D eigenvalue weighted by molar-refractivity contribution is -0.137. The van der Waals surface area contributed by atoms with Gasteiger partial charge in [0.25, 0.3) is 5.91 Å². The van der Waals surface area contributed by atoms with E-state index in [1.54, 1.807) is 24.5 Å². The summed E-state index contributed by atoms with van der Waals surface area (Å²) < 4.78 is 38.2. The van der Waals surface area contributed by atoms with Crippen molar-refractivity contribution in [3.63, 3.8) is 0 Å². The Morgan fingerprint density at radius 2 is 1.77 bits per heavy atom. The van der Waals surface area contributed by atoms with Crippen molar-refractivity contribution in [2.45, 2.75) is 31.5 Å². The normalized spacial score (nSPS) is 16.6. The zero-order chi connectivity index (χ0) is 21.1. The second-order valence-electron chi connectivity index (χ2n) is 7.32. The minimum atomic E-state index is -4.34. The Morgan fingerprint density at radius 1 is 1.03 bits per heavy atom. The molecule has 3 heterocycles. The second-order valence-corrected chi connectivity index (χ2v) is 7.32. The third-order valence-corrected chi connectivity index (χ3v) is 5.28. The standard InChI is InChI=1S/C23H20F3N3O/c24-23(25,26)18-8-6-16(7-9-18)15-19-3-1-4-20(28-19)21-5-2-14-29(21)22(30)17-10-12-27-13-11-17/h1,3-4,6-13,21H,2,5,14-15H2/t21-/m1/s1. The maximum atomic E-state index is 12.9. The molecule has 0 aliphatic carbocycles. The number of hydrogen-bond donors (Lipinski definition) is 0. The molecule has 0 spiro atoms. The average Bonchev–Trinajstić information content (AvgIpc) is 3.24. The Hall–Kier alpha value is -3.22. The van der Waals surface area contributed by atoms with Crippen LogP contribution >= 0.6 is 0 Å². The number of carbonyl (C=O) groups is 1. The lowest BCUT2D eigenvalue weighted by Crippen LogP contribution is -2.31. The number of amides is 1. The van der Waals surface area contributed by atoms with Gasteiger partial charge in [-0.05, 0) is 54.8 Å². The summed E-state index contributed by atoms with van der Waals surface area (Å²) in [4.78, 5) is 23.4. The largest absolute Gasteiger partial charge is 0.416 e. The van der Waals surface area contributed by atoms with Crippen LogP contribution in [0.2, 0.25) is 0 Å². The Bertz CT molecular complexity index is 1020. The number of benzene rings is 1. The van der Waals surface area contributed by atoms with Crippen LogP contribution < -0.4 is 0 Å². The quantitative estimate of drug-likeness (QED) is 0.603. The number of pyridine rings is 2. The maximum Gasteiger partial charge on any atom is 0.416 e. The number of likely N-dealkylation sites (tertiary alicyclic amines) is 1. The highest BCUT2D eigenvalue weighted by Gasteiger charge is 2.32. The highest BCUT2D eigenvalue weighted by Crippen LogP contribution is 2.33. The van der Waals surface area contributed by atoms with Crippen LogP contribution in [0.25, 0.3) is 0 Å². The van der Waals surface area contributed by atoms with Crippen LogP contribution in [-0.4, -0.2) is 27.3 Å². The Morgan fingerprint density at radius 3 is 2.47 bits per heavy atom. The number of rotatable bonds is 4. The van der Waals surface area contributed by atoms with Gasteiger partial charge in [0.1, 0.15) is 0 Å². The summed E-state index contributed by atoms with van der Waals surface area (Å²) in [6, 6.07) is 14.1. The molecular formula is C23H20F3N3O. The Balaban J connectivity index is 1.52. The minimum absolute atomic E-state index is 0.0464. The van der Waals surface area contributed by atoms with Gasteiger partial charge < -0.3 is 4.90 Å². The fourth-order valence-electron chi connectivity index (χ4n) is 3.78. The van der Waals surface area contributed by atoms with Gasteiger partial charge in [0.2, 0.25) is 0 Å². The zero-order valence-electron chi connectivity index (χ0n) is 16.1. The zero-order valence-corrected chi connectivity index (χ0v) is 16.1. The third kappa shape index (κ3) is 4.35. The van der Waals surface area contributed by atoms with Gasteiger partial charge >= 0.3 is 6.18 Å². The molecule has 0 bridgehead atoms. The molecule has 1 aromatic carbocycles. The maximum absolute atomic E-state index is 12.9. The number of halogens is 3. The molecular weight excluding hydrogens is 391 g/mol. The summed E-state index contributed by atoms with van der Waals surface area (Å²) in [6.45, 7) is 0.663. The fourth-order valence-corrected chi connectivity index (χ4v) is 3.78. The molecule has 0 N–H and O–H groups in total. The van der Waals surface area contributed by atoms with E-state index >= 15 is 0 Å². The minimum Gasteiger partial charge on any atom is -0.330 e. The van der Waals surface area contributed by atoms with Crippen molar-refractivity contribution in [3.05, 3.63) is 95.1 Å². The van der Waals surface area contributed by atoms with Crippen molar-refractivity contribution in [2.75, 3.05) is 6.54 Å². The van der Waals surface area contributed by atoms with Crippen molar-refractivity contribution < 1.29 is 18.0 Å². The number of alkyl halides is 3. The molecule has 3 aromatic rings. The highest BCUT2D eigenvalue weighted by molar-refractivity contribution is 5.94. The fraction of sp³-hybridized carbons (Fsp3) is 0.261. The summed E-state index contributed by atoms with van der Waals surface area (Å²) in [5.74, 6) is -0.0464. The van der Waals surface area contributed by atoms with Gasteiger partial charge in [0.05, 0.1) is 17.3 Å². The van der Waals surface area contributed by atoms with Gasteiger partial charge in [-0.25, -0.2) is 0 Å². The van der Waals surface area contributed by atoms with Crippen molar-refractivity contribution in [3.8, 4) is 0 Å². The molecule has 7 heteroatoms. The van der Waals surface area contributed by atoms with Crippen LogP contribution in [0.3, 0.4) is 0 Å². The van der Waals surface area contributed by atoms with Crippen molar-refractivity contribution >= 4 is 5.91 Å². The van der Waals surface area contributed by atoms with E-state index in [1.165, 1.54) is 12.1 Å². The molecule has 1 atom stereocenters. The molecule has 0 unspecified atom stereocenters. The number of aromatic nitrogens is 2. The molecule has 4 rings (SSSR count). The topological polar surface area (TPSA) is 46.1 Å². The molecule has 0 saturated carbocycles. The van der Waals surface area contributed by atoms with Crippen molar-refractivity contribution in [1.29, 1.82) is 0 Å². The summed E-state index contributed by atoms with van der Waals surface area (Å²) in [5.41, 5.74) is 2.25. The van der Waals surface area contributed by atoms with Gasteiger partial charge in [-0.15, -0.1) is 0 Å². The molecule has 1 aliphatic heterocycles. The molecule has 1 amide bonds. The number of nitrogens with zero attached hydrogens (tertiary/aromatic N) is 3. The predicted octanol–water partition coefficient (Wildman–Crippen LogP) is 5.06. The Labute approximate surface area is 172 Å². The van der Waals surface area contributed by atoms with Crippen LogP contribution in [0.15, 0.2) is 67.0 Å². The molecule has 1 aliphatic rings. The molecule has 4 nitrogen and oxygen atoms in total. The van der Waals surface area contributed by atoms with Gasteiger partial charge in [-0.3, -0.25) is 14.8 Å². The molecule has 30 heavy (non-hydrogen) atoms. The first-order valence-corrected chi connectivity index (χ1v) is 9.75. The Kier molecular flexibility index (Phi) is 5.53. The van der Waals surface area contributed by atoms with Gasteiger partial charge in [0, 0.05) is 36.6 Å². The lowest BCUT2D eigenvalue weighted by atomic mass is 10.0. The summed E-state index contributed by atoms with van der Waals surface area (Å²) in [6.07, 6.45) is 1.00. The number of carbonyl (C=O) groups excluding carboxylic acids is 1. The summed E-state index contributed by atoms with van der Waals surface area (Å²) in [7, 11) is 0. The smallest absolute Gasteiger partial charge is 0.330 e. The van der Waals surface area contributed by atoms with Crippen molar-refractivity contribution in [2.24, 2.45) is 0 Å². The molecule has 1 fully saturated rings. The van der Waals surface area contributed by atoms with Crippen molar-refractivity contribution in [1.82, 2.24) is 14.9 Å². The van der Waals surface area contributed by atoms with Crippen LogP contribution in [0.4, 0.5) is 13.2 Å². The number of hydrogen-bond acceptors (Lipinski definition) is 3. The van der Waals surface area contributed by atoms with E-state index in [0.717, 1.165) is 41.9 Å². The monoisotopic (exact) mass is 411 g/mol. The molecule has 1 saturated heterocycles. The predicted molar refractivity (Wildman–Crippen MR) is 106 cm³/mol. The first-order chi connectivity index (χ1) is 14.4. The van der Waals surface area contributed by atoms with Gasteiger partial charge in [-0.1, -0.05) is 18.2 Å². The van der Waals surface area contributed by atoms with E-state index in [0.29, 0.717) is 18.5 Å². The van der Waals surface area contributed by atoms with Gasteiger partial charge in [-0.2, -0.15) is 13.2 Å².